The Morgan fingerprint density at radius 2 is 2.00 bits per heavy atom. The molecule has 0 heterocycles. The van der Waals surface area contributed by atoms with Crippen molar-refractivity contribution in [3.63, 3.8) is 0 Å². The van der Waals surface area contributed by atoms with Crippen molar-refractivity contribution in [1.29, 1.82) is 0 Å². The number of benzene rings is 1. The maximum atomic E-state index is 9.32. The molecule has 0 saturated heterocycles. The molecule has 2 bridgehead atoms. The van der Waals surface area contributed by atoms with E-state index in [1.54, 1.807) is 12.1 Å². The smallest absolute Gasteiger partial charge is 0.115 e. The van der Waals surface area contributed by atoms with Crippen LogP contribution in [0.2, 0.25) is 0 Å². The number of hydrogen-bond donors (Lipinski definition) is 2. The van der Waals surface area contributed by atoms with Gasteiger partial charge in [-0.15, -0.1) is 0 Å². The fourth-order valence-electron chi connectivity index (χ4n) is 4.12. The van der Waals surface area contributed by atoms with E-state index in [0.29, 0.717) is 11.2 Å². The van der Waals surface area contributed by atoms with Gasteiger partial charge in [0.05, 0.1) is 0 Å². The normalized spacial score (nSPS) is 35.4. The molecule has 3 N–H and O–H groups in total. The molecule has 2 nitrogen and oxygen atoms in total. The number of hydrogen-bond acceptors (Lipinski definition) is 2. The Hall–Kier alpha value is -1.02. The van der Waals surface area contributed by atoms with Gasteiger partial charge in [0.1, 0.15) is 5.75 Å². The number of nitrogens with two attached hydrogens (primary N) is 1. The third-order valence-corrected chi connectivity index (χ3v) is 5.00. The van der Waals surface area contributed by atoms with Gasteiger partial charge in [-0.25, -0.2) is 0 Å². The van der Waals surface area contributed by atoms with Crippen LogP contribution in [-0.4, -0.2) is 11.7 Å². The second kappa shape index (κ2) is 4.02. The third-order valence-electron chi connectivity index (χ3n) is 5.00. The van der Waals surface area contributed by atoms with E-state index in [2.05, 4.69) is 0 Å². The van der Waals surface area contributed by atoms with Crippen LogP contribution in [0.15, 0.2) is 24.3 Å². The molecule has 0 amide bonds. The van der Waals surface area contributed by atoms with Gasteiger partial charge in [0.15, 0.2) is 0 Å². The van der Waals surface area contributed by atoms with Crippen LogP contribution in [0.5, 0.6) is 5.75 Å². The Kier molecular flexibility index (Phi) is 2.62. The summed E-state index contributed by atoms with van der Waals surface area (Å²) < 4.78 is 0. The molecule has 2 aliphatic carbocycles. The summed E-state index contributed by atoms with van der Waals surface area (Å²) in [6.45, 7) is 0.815. The van der Waals surface area contributed by atoms with Crippen LogP contribution in [0.4, 0.5) is 0 Å². The summed E-state index contributed by atoms with van der Waals surface area (Å²) in [6.07, 6.45) is 6.59. The van der Waals surface area contributed by atoms with E-state index in [9.17, 15) is 5.11 Å². The highest BCUT2D eigenvalue weighted by Gasteiger charge is 2.49. The van der Waals surface area contributed by atoms with Crippen LogP contribution in [0.1, 0.15) is 31.2 Å². The second-order valence-electron chi connectivity index (χ2n) is 5.99. The summed E-state index contributed by atoms with van der Waals surface area (Å²) in [4.78, 5) is 0. The van der Waals surface area contributed by atoms with E-state index in [-0.39, 0.29) is 0 Å². The van der Waals surface area contributed by atoms with Crippen LogP contribution >= 0.6 is 0 Å². The quantitative estimate of drug-likeness (QED) is 0.840. The lowest BCUT2D eigenvalue weighted by molar-refractivity contribution is 0.171. The van der Waals surface area contributed by atoms with Crippen LogP contribution < -0.4 is 5.73 Å². The minimum atomic E-state index is 0.347. The summed E-state index contributed by atoms with van der Waals surface area (Å²) >= 11 is 0. The second-order valence-corrected chi connectivity index (χ2v) is 5.99. The van der Waals surface area contributed by atoms with Crippen molar-refractivity contribution in [2.75, 3.05) is 6.54 Å². The van der Waals surface area contributed by atoms with Crippen molar-refractivity contribution < 1.29 is 5.11 Å². The van der Waals surface area contributed by atoms with Crippen molar-refractivity contribution in [1.82, 2.24) is 0 Å². The van der Waals surface area contributed by atoms with Gasteiger partial charge in [0.2, 0.25) is 0 Å². The molecule has 2 heteroatoms. The molecule has 2 aliphatic rings. The first-order valence-corrected chi connectivity index (χ1v) is 6.70. The Labute approximate surface area is 103 Å². The number of fused-ring (bicyclic) bond motifs is 2. The molecule has 92 valence electrons. The molecule has 3 rings (SSSR count). The molecule has 3 atom stereocenters. The lowest BCUT2D eigenvalue weighted by Crippen LogP contribution is -2.37. The van der Waals surface area contributed by atoms with Crippen molar-refractivity contribution in [3.05, 3.63) is 29.8 Å². The minimum Gasteiger partial charge on any atom is -0.508 e. The van der Waals surface area contributed by atoms with Crippen LogP contribution in [0.3, 0.4) is 0 Å². The van der Waals surface area contributed by atoms with Gasteiger partial charge in [0.25, 0.3) is 0 Å². The fourth-order valence-corrected chi connectivity index (χ4v) is 4.12. The molecule has 0 aliphatic heterocycles. The zero-order valence-corrected chi connectivity index (χ0v) is 10.2. The average Bonchev–Trinajstić information content (AvgIpc) is 2.93. The largest absolute Gasteiger partial charge is 0.508 e. The molecule has 2 fully saturated rings. The van der Waals surface area contributed by atoms with E-state index in [0.717, 1.165) is 24.8 Å². The average molecular weight is 231 g/mol. The lowest BCUT2D eigenvalue weighted by Gasteiger charge is -2.37. The van der Waals surface area contributed by atoms with Gasteiger partial charge in [-0.2, -0.15) is 0 Å². The Morgan fingerprint density at radius 1 is 1.24 bits per heavy atom. The van der Waals surface area contributed by atoms with Crippen molar-refractivity contribution in [3.8, 4) is 5.75 Å². The first-order chi connectivity index (χ1) is 8.22. The highest BCUT2D eigenvalue weighted by molar-refractivity contribution is 5.27. The maximum absolute atomic E-state index is 9.32. The molecule has 0 aromatic heterocycles. The van der Waals surface area contributed by atoms with Crippen LogP contribution in [-0.2, 0) is 6.42 Å². The van der Waals surface area contributed by atoms with Crippen molar-refractivity contribution in [2.45, 2.75) is 32.1 Å². The number of phenolic OH excluding ortho intramolecular Hbond substituents is 1. The first-order valence-electron chi connectivity index (χ1n) is 6.70. The van der Waals surface area contributed by atoms with Gasteiger partial charge in [-0.3, -0.25) is 0 Å². The summed E-state index contributed by atoms with van der Waals surface area (Å²) in [7, 11) is 0. The molecular formula is C15H21NO. The molecule has 3 unspecified atom stereocenters. The molecular weight excluding hydrogens is 210 g/mol. The van der Waals surface area contributed by atoms with E-state index in [1.165, 1.54) is 31.2 Å². The Morgan fingerprint density at radius 3 is 2.53 bits per heavy atom. The topological polar surface area (TPSA) is 46.2 Å². The predicted molar refractivity (Wildman–Crippen MR) is 68.7 cm³/mol. The summed E-state index contributed by atoms with van der Waals surface area (Å²) in [5.74, 6) is 2.12. The third kappa shape index (κ3) is 1.85. The monoisotopic (exact) mass is 231 g/mol. The maximum Gasteiger partial charge on any atom is 0.115 e. The zero-order chi connectivity index (χ0) is 11.9. The molecule has 2 saturated carbocycles. The van der Waals surface area contributed by atoms with Gasteiger partial charge in [-0.1, -0.05) is 18.6 Å². The molecule has 0 radical (unpaired) electrons. The molecule has 1 aromatic rings. The Bertz CT molecular complexity index is 400. The van der Waals surface area contributed by atoms with Gasteiger partial charge in [0, 0.05) is 0 Å². The SMILES string of the molecule is NCC1(Cc2ccc(O)cc2)CC2CCC1C2. The fraction of sp³-hybridized carbons (Fsp3) is 0.600. The highest BCUT2D eigenvalue weighted by Crippen LogP contribution is 2.56. The van der Waals surface area contributed by atoms with Crippen LogP contribution in [0.25, 0.3) is 0 Å². The molecule has 1 aromatic carbocycles. The van der Waals surface area contributed by atoms with Gasteiger partial charge < -0.3 is 10.8 Å². The van der Waals surface area contributed by atoms with E-state index in [4.69, 9.17) is 5.73 Å². The van der Waals surface area contributed by atoms with Gasteiger partial charge in [-0.05, 0) is 67.2 Å². The number of aromatic hydroxyl groups is 1. The van der Waals surface area contributed by atoms with Gasteiger partial charge >= 0.3 is 0 Å². The summed E-state index contributed by atoms with van der Waals surface area (Å²) in [6, 6.07) is 7.65. The molecule has 17 heavy (non-hydrogen) atoms. The van der Waals surface area contributed by atoms with E-state index < -0.39 is 0 Å². The van der Waals surface area contributed by atoms with Crippen LogP contribution in [0, 0.1) is 17.3 Å². The molecule has 0 spiro atoms. The summed E-state index contributed by atoms with van der Waals surface area (Å²) in [5.41, 5.74) is 7.75. The van der Waals surface area contributed by atoms with Crippen molar-refractivity contribution in [2.24, 2.45) is 23.0 Å². The number of rotatable bonds is 3. The van der Waals surface area contributed by atoms with E-state index >= 15 is 0 Å². The number of phenols is 1. The highest BCUT2D eigenvalue weighted by atomic mass is 16.3. The zero-order valence-electron chi connectivity index (χ0n) is 10.2. The lowest BCUT2D eigenvalue weighted by atomic mass is 9.69. The predicted octanol–water partition coefficient (Wildman–Crippen LogP) is 2.70. The van der Waals surface area contributed by atoms with Crippen molar-refractivity contribution >= 4 is 0 Å². The summed E-state index contributed by atoms with van der Waals surface area (Å²) in [5, 5.41) is 9.32. The first kappa shape index (κ1) is 11.1. The standard InChI is InChI=1S/C15H21NO/c16-10-15(9-12-1-4-13(15)7-12)8-11-2-5-14(17)6-3-11/h2-3,5-6,12-13,17H,1,4,7-10,16H2. The Balaban J connectivity index is 1.80. The minimum absolute atomic E-state index is 0.347. The van der Waals surface area contributed by atoms with E-state index in [1.807, 2.05) is 12.1 Å².